The van der Waals surface area contributed by atoms with Gasteiger partial charge in [0.1, 0.15) is 11.2 Å². The van der Waals surface area contributed by atoms with Gasteiger partial charge in [-0.05, 0) is 38.1 Å². The van der Waals surface area contributed by atoms with Gasteiger partial charge in [0, 0.05) is 13.2 Å². The Labute approximate surface area is 72.5 Å². The molecule has 2 heteroatoms. The summed E-state index contributed by atoms with van der Waals surface area (Å²) in [5.74, 6) is 0. The third-order valence-corrected chi connectivity index (χ3v) is 1.47. The summed E-state index contributed by atoms with van der Waals surface area (Å²) in [5, 5.41) is 0. The molecule has 0 radical (unpaired) electrons. The fraction of sp³-hybridized carbons (Fsp3) is 0.400. The van der Waals surface area contributed by atoms with Crippen molar-refractivity contribution in [3.63, 3.8) is 0 Å². The average Bonchev–Trinajstić information content (AvgIpc) is 2.69. The van der Waals surface area contributed by atoms with E-state index in [-0.39, 0.29) is 0 Å². The molecule has 2 heterocycles. The third kappa shape index (κ3) is 2.55. The lowest BCUT2D eigenvalue weighted by atomic mass is 10.4. The van der Waals surface area contributed by atoms with Crippen molar-refractivity contribution in [2.45, 2.75) is 13.8 Å². The number of fused-ring (bicyclic) bond motifs is 2. The smallest absolute Gasteiger partial charge is 0.127 e. The van der Waals surface area contributed by atoms with Gasteiger partial charge in [-0.3, -0.25) is 0 Å². The highest BCUT2D eigenvalue weighted by molar-refractivity contribution is 5.59. The predicted octanol–water partition coefficient (Wildman–Crippen LogP) is 2.91. The molecule has 2 aromatic rings. The molecule has 12 heavy (non-hydrogen) atoms. The second kappa shape index (κ2) is 4.78. The Bertz CT molecular complexity index is 240. The Hall–Kier alpha value is -1.02. The molecule has 0 aromatic carbocycles. The summed E-state index contributed by atoms with van der Waals surface area (Å²) < 4.78 is 9.92. The molecular weight excluding hydrogens is 152 g/mol. The number of benzene rings is 1. The first-order valence-electron chi connectivity index (χ1n) is 4.22. The lowest BCUT2D eigenvalue weighted by Gasteiger charge is -1.86. The van der Waals surface area contributed by atoms with Crippen LogP contribution in [0.1, 0.15) is 13.8 Å². The molecule has 0 atom stereocenters. The highest BCUT2D eigenvalue weighted by Gasteiger charge is 1.91. The molecular formula is C10H14O2. The van der Waals surface area contributed by atoms with Crippen LogP contribution in [-0.4, -0.2) is 13.2 Å². The van der Waals surface area contributed by atoms with E-state index in [4.69, 9.17) is 9.15 Å². The van der Waals surface area contributed by atoms with E-state index >= 15 is 0 Å². The fourth-order valence-electron chi connectivity index (χ4n) is 0.916. The zero-order chi connectivity index (χ0) is 8.81. The number of hydrogen-bond donors (Lipinski definition) is 0. The molecule has 0 aliphatic heterocycles. The zero-order valence-electron chi connectivity index (χ0n) is 7.54. The van der Waals surface area contributed by atoms with E-state index in [2.05, 4.69) is 0 Å². The molecule has 66 valence electrons. The van der Waals surface area contributed by atoms with Crippen molar-refractivity contribution >= 4 is 11.2 Å². The van der Waals surface area contributed by atoms with Crippen LogP contribution in [0, 0.1) is 0 Å². The summed E-state index contributed by atoms with van der Waals surface area (Å²) in [7, 11) is 0. The first-order chi connectivity index (χ1) is 5.86. The highest BCUT2D eigenvalue weighted by atomic mass is 16.5. The van der Waals surface area contributed by atoms with E-state index in [9.17, 15) is 0 Å². The maximum atomic E-state index is 5.08. The van der Waals surface area contributed by atoms with Gasteiger partial charge in [-0.15, -0.1) is 0 Å². The van der Waals surface area contributed by atoms with Gasteiger partial charge in [-0.1, -0.05) is 0 Å². The van der Waals surface area contributed by atoms with Crippen molar-refractivity contribution in [1.82, 2.24) is 0 Å². The Morgan fingerprint density at radius 1 is 1.00 bits per heavy atom. The topological polar surface area (TPSA) is 22.4 Å². The van der Waals surface area contributed by atoms with E-state index in [1.54, 1.807) is 0 Å². The Kier molecular flexibility index (Phi) is 3.61. The minimum atomic E-state index is 0.844. The van der Waals surface area contributed by atoms with Crippen LogP contribution >= 0.6 is 0 Å². The molecule has 2 rings (SSSR count). The fourth-order valence-corrected chi connectivity index (χ4v) is 0.916. The Balaban J connectivity index is 0.000000130. The number of hydrogen-bond acceptors (Lipinski definition) is 2. The second-order valence-electron chi connectivity index (χ2n) is 2.35. The maximum absolute atomic E-state index is 5.08. The molecule has 0 saturated carbocycles. The molecule has 0 amide bonds. The average molecular weight is 166 g/mol. The van der Waals surface area contributed by atoms with E-state index in [0.717, 1.165) is 24.4 Å². The van der Waals surface area contributed by atoms with Gasteiger partial charge < -0.3 is 9.15 Å². The summed E-state index contributed by atoms with van der Waals surface area (Å²) in [4.78, 5) is 0. The standard InChI is InChI=1S/C6H4O.C4H10O/c1-2-6-4-3-5(1)7-6;1-3-5-4-2/h1-4H;3-4H2,1-2H3. The lowest BCUT2D eigenvalue weighted by molar-refractivity contribution is 0.162. The first kappa shape index (κ1) is 9.07. The molecule has 0 N–H and O–H groups in total. The molecule has 0 aliphatic carbocycles. The van der Waals surface area contributed by atoms with Gasteiger partial charge in [0.25, 0.3) is 0 Å². The van der Waals surface area contributed by atoms with E-state index in [0.29, 0.717) is 0 Å². The summed E-state index contributed by atoms with van der Waals surface area (Å²) in [6.07, 6.45) is 0. The molecule has 0 fully saturated rings. The predicted molar refractivity (Wildman–Crippen MR) is 49.6 cm³/mol. The summed E-state index contributed by atoms with van der Waals surface area (Å²) in [6, 6.07) is 7.81. The van der Waals surface area contributed by atoms with Crippen molar-refractivity contribution in [2.24, 2.45) is 0 Å². The zero-order valence-corrected chi connectivity index (χ0v) is 7.54. The van der Waals surface area contributed by atoms with E-state index in [1.165, 1.54) is 0 Å². The Morgan fingerprint density at radius 3 is 1.50 bits per heavy atom. The van der Waals surface area contributed by atoms with Crippen molar-refractivity contribution in [3.8, 4) is 0 Å². The largest absolute Gasteiger partial charge is 0.457 e. The molecule has 0 saturated heterocycles. The van der Waals surface area contributed by atoms with Crippen LogP contribution in [0.2, 0.25) is 0 Å². The molecule has 2 aromatic heterocycles. The van der Waals surface area contributed by atoms with Crippen molar-refractivity contribution < 1.29 is 9.15 Å². The number of ether oxygens (including phenoxy) is 1. The normalized spacial score (nSPS) is 9.83. The highest BCUT2D eigenvalue weighted by Crippen LogP contribution is 2.13. The third-order valence-electron chi connectivity index (χ3n) is 1.47. The van der Waals surface area contributed by atoms with Crippen molar-refractivity contribution in [3.05, 3.63) is 24.3 Å². The lowest BCUT2D eigenvalue weighted by Crippen LogP contribution is -1.84. The van der Waals surface area contributed by atoms with Crippen molar-refractivity contribution in [1.29, 1.82) is 0 Å². The van der Waals surface area contributed by atoms with Gasteiger partial charge >= 0.3 is 0 Å². The van der Waals surface area contributed by atoms with Crippen LogP contribution in [0.3, 0.4) is 0 Å². The first-order valence-corrected chi connectivity index (χ1v) is 4.22. The summed E-state index contributed by atoms with van der Waals surface area (Å²) >= 11 is 0. The molecule has 0 unspecified atom stereocenters. The van der Waals surface area contributed by atoms with E-state index < -0.39 is 0 Å². The van der Waals surface area contributed by atoms with Crippen LogP contribution in [0.5, 0.6) is 0 Å². The minimum Gasteiger partial charge on any atom is -0.457 e. The molecule has 0 aliphatic rings. The van der Waals surface area contributed by atoms with Gasteiger partial charge in [0.2, 0.25) is 0 Å². The molecule has 2 bridgehead atoms. The minimum absolute atomic E-state index is 0.844. The van der Waals surface area contributed by atoms with Crippen LogP contribution in [-0.2, 0) is 4.74 Å². The quantitative estimate of drug-likeness (QED) is 0.684. The molecule has 2 nitrogen and oxygen atoms in total. The van der Waals surface area contributed by atoms with E-state index in [1.807, 2.05) is 38.1 Å². The van der Waals surface area contributed by atoms with Crippen LogP contribution in [0.4, 0.5) is 0 Å². The summed E-state index contributed by atoms with van der Waals surface area (Å²) in [6.45, 7) is 5.67. The van der Waals surface area contributed by atoms with Crippen LogP contribution < -0.4 is 0 Å². The summed E-state index contributed by atoms with van der Waals surface area (Å²) in [5.41, 5.74) is 1.94. The number of rotatable bonds is 2. The monoisotopic (exact) mass is 166 g/mol. The van der Waals surface area contributed by atoms with Gasteiger partial charge in [0.05, 0.1) is 0 Å². The SMILES string of the molecule is CCOCC.c1cc2ccc1o2. The van der Waals surface area contributed by atoms with Gasteiger partial charge in [-0.2, -0.15) is 0 Å². The second-order valence-corrected chi connectivity index (χ2v) is 2.35. The van der Waals surface area contributed by atoms with Gasteiger partial charge in [0.15, 0.2) is 0 Å². The number of furan rings is 2. The van der Waals surface area contributed by atoms with Crippen LogP contribution in [0.25, 0.3) is 11.2 Å². The van der Waals surface area contributed by atoms with Crippen molar-refractivity contribution in [2.75, 3.05) is 13.2 Å². The van der Waals surface area contributed by atoms with Crippen LogP contribution in [0.15, 0.2) is 28.7 Å². The maximum Gasteiger partial charge on any atom is 0.127 e. The molecule has 0 spiro atoms. The van der Waals surface area contributed by atoms with Gasteiger partial charge in [-0.25, -0.2) is 0 Å². The Morgan fingerprint density at radius 2 is 1.42 bits per heavy atom.